The highest BCUT2D eigenvalue weighted by Crippen LogP contribution is 2.40. The fourth-order valence-electron chi connectivity index (χ4n) is 7.24. The first-order valence-corrected chi connectivity index (χ1v) is 17.9. The monoisotopic (exact) mass is 667 g/mol. The van der Waals surface area contributed by atoms with Gasteiger partial charge < -0.3 is 0 Å². The summed E-state index contributed by atoms with van der Waals surface area (Å²) in [6, 6.07) is 62.2. The van der Waals surface area contributed by atoms with Gasteiger partial charge in [-0.3, -0.25) is 0 Å². The Morgan fingerprint density at radius 1 is 0.314 bits per heavy atom. The lowest BCUT2D eigenvalue weighted by atomic mass is 9.92. The molecule has 0 spiro atoms. The van der Waals surface area contributed by atoms with Crippen LogP contribution in [0, 0.1) is 0 Å². The fraction of sp³-hybridized carbons (Fsp3) is 0. The third kappa shape index (κ3) is 5.16. The maximum atomic E-state index is 5.22. The van der Waals surface area contributed by atoms with Crippen LogP contribution in [0.2, 0.25) is 0 Å². The summed E-state index contributed by atoms with van der Waals surface area (Å²) in [7, 11) is 0. The Labute approximate surface area is 299 Å². The van der Waals surface area contributed by atoms with Crippen molar-refractivity contribution < 1.29 is 0 Å². The molecule has 238 valence electrons. The molecule has 0 N–H and O–H groups in total. The number of hydrogen-bond donors (Lipinski definition) is 0. The van der Waals surface area contributed by atoms with Gasteiger partial charge in [0.15, 0.2) is 17.5 Å². The number of nitrogens with zero attached hydrogens (tertiary/aromatic N) is 3. The highest BCUT2D eigenvalue weighted by Gasteiger charge is 2.17. The smallest absolute Gasteiger partial charge is 0.165 e. The SMILES string of the molecule is c1ccc(-c2ccc(-c3nc(-c4cccc(-c5cc6ccccc6c6ccccc56)c4)nc(-c4cccc5c4sc4ccccc45)n3)cc2)cc1. The van der Waals surface area contributed by atoms with Crippen LogP contribution in [0.15, 0.2) is 176 Å². The Hall–Kier alpha value is -6.49. The normalized spacial score (nSPS) is 11.5. The van der Waals surface area contributed by atoms with Gasteiger partial charge in [0.1, 0.15) is 0 Å². The molecule has 4 heteroatoms. The molecule has 0 fully saturated rings. The molecule has 0 saturated heterocycles. The third-order valence-corrected chi connectivity index (χ3v) is 11.0. The van der Waals surface area contributed by atoms with E-state index in [-0.39, 0.29) is 0 Å². The van der Waals surface area contributed by atoms with E-state index in [4.69, 9.17) is 15.0 Å². The number of aromatic nitrogens is 3. The minimum absolute atomic E-state index is 0.646. The minimum atomic E-state index is 0.646. The van der Waals surface area contributed by atoms with Gasteiger partial charge in [-0.05, 0) is 68.1 Å². The average Bonchev–Trinajstić information content (AvgIpc) is 3.60. The molecule has 0 radical (unpaired) electrons. The summed E-state index contributed by atoms with van der Waals surface area (Å²) >= 11 is 1.79. The molecule has 2 aromatic heterocycles. The van der Waals surface area contributed by atoms with Crippen molar-refractivity contribution in [2.24, 2.45) is 0 Å². The Kier molecular flexibility index (Phi) is 7.00. The molecule has 0 atom stereocenters. The first-order chi connectivity index (χ1) is 25.3. The standard InChI is InChI=1S/C47H29N3S/c1-2-12-30(13-3-1)31-24-26-32(27-25-31)45-48-46(50-47(49-45)41-22-11-21-40-39-20-8-9-23-43(39)51-44(40)41)35-16-10-15-33(28-35)42-29-34-14-4-5-17-36(34)37-18-6-7-19-38(37)42/h1-29H. The van der Waals surface area contributed by atoms with E-state index in [2.05, 4.69) is 170 Å². The molecule has 3 nitrogen and oxygen atoms in total. The van der Waals surface area contributed by atoms with E-state index < -0.39 is 0 Å². The lowest BCUT2D eigenvalue weighted by molar-refractivity contribution is 1.08. The Morgan fingerprint density at radius 2 is 0.882 bits per heavy atom. The van der Waals surface area contributed by atoms with Crippen LogP contribution in [0.25, 0.3) is 98.1 Å². The minimum Gasteiger partial charge on any atom is -0.208 e. The van der Waals surface area contributed by atoms with Crippen molar-refractivity contribution in [3.05, 3.63) is 176 Å². The Morgan fingerprint density at radius 3 is 1.73 bits per heavy atom. The molecule has 0 aliphatic heterocycles. The summed E-state index contributed by atoms with van der Waals surface area (Å²) in [5.74, 6) is 1.96. The van der Waals surface area contributed by atoms with E-state index >= 15 is 0 Å². The summed E-state index contributed by atoms with van der Waals surface area (Å²) in [5, 5.41) is 7.41. The molecule has 0 aliphatic carbocycles. The van der Waals surface area contributed by atoms with Crippen molar-refractivity contribution in [1.82, 2.24) is 15.0 Å². The van der Waals surface area contributed by atoms with Crippen LogP contribution < -0.4 is 0 Å². The maximum absolute atomic E-state index is 5.22. The number of benzene rings is 8. The second-order valence-electron chi connectivity index (χ2n) is 12.8. The third-order valence-electron chi connectivity index (χ3n) is 9.73. The van der Waals surface area contributed by atoms with Gasteiger partial charge in [-0.25, -0.2) is 15.0 Å². The van der Waals surface area contributed by atoms with E-state index in [0.717, 1.165) is 27.8 Å². The average molecular weight is 668 g/mol. The Bertz CT molecular complexity index is 2910. The molecular formula is C47H29N3S. The largest absolute Gasteiger partial charge is 0.208 e. The second-order valence-corrected chi connectivity index (χ2v) is 13.9. The van der Waals surface area contributed by atoms with Crippen LogP contribution in [0.1, 0.15) is 0 Å². The van der Waals surface area contributed by atoms with Crippen LogP contribution >= 0.6 is 11.3 Å². The van der Waals surface area contributed by atoms with Gasteiger partial charge in [-0.15, -0.1) is 11.3 Å². The van der Waals surface area contributed by atoms with Gasteiger partial charge in [0.05, 0.1) is 0 Å². The first kappa shape index (κ1) is 29.4. The molecule has 0 bridgehead atoms. The van der Waals surface area contributed by atoms with Crippen molar-refractivity contribution in [2.45, 2.75) is 0 Å². The molecule has 0 amide bonds. The van der Waals surface area contributed by atoms with E-state index in [1.807, 2.05) is 6.07 Å². The van der Waals surface area contributed by atoms with Crippen LogP contribution in [-0.2, 0) is 0 Å². The zero-order valence-electron chi connectivity index (χ0n) is 27.5. The van der Waals surface area contributed by atoms with Gasteiger partial charge in [-0.1, -0.05) is 152 Å². The van der Waals surface area contributed by atoms with E-state index in [0.29, 0.717) is 17.5 Å². The highest BCUT2D eigenvalue weighted by atomic mass is 32.1. The summed E-state index contributed by atoms with van der Waals surface area (Å²) in [6.45, 7) is 0. The van der Waals surface area contributed by atoms with Crippen LogP contribution in [-0.4, -0.2) is 15.0 Å². The fourth-order valence-corrected chi connectivity index (χ4v) is 8.45. The van der Waals surface area contributed by atoms with E-state index in [1.165, 1.54) is 52.8 Å². The lowest BCUT2D eigenvalue weighted by Gasteiger charge is -2.13. The number of thiophene rings is 1. The molecule has 0 unspecified atom stereocenters. The second kappa shape index (κ2) is 12.1. The molecule has 0 saturated carbocycles. The van der Waals surface area contributed by atoms with E-state index in [9.17, 15) is 0 Å². The molecular weight excluding hydrogens is 639 g/mol. The number of hydrogen-bond acceptors (Lipinski definition) is 4. The van der Waals surface area contributed by atoms with Gasteiger partial charge >= 0.3 is 0 Å². The quantitative estimate of drug-likeness (QED) is 0.171. The van der Waals surface area contributed by atoms with Gasteiger partial charge in [0.2, 0.25) is 0 Å². The van der Waals surface area contributed by atoms with Crippen molar-refractivity contribution in [2.75, 3.05) is 0 Å². The predicted octanol–water partition coefficient (Wildman–Crippen LogP) is 12.9. The zero-order valence-corrected chi connectivity index (χ0v) is 28.3. The molecule has 51 heavy (non-hydrogen) atoms. The number of fused-ring (bicyclic) bond motifs is 6. The molecule has 10 aromatic rings. The molecule has 8 aromatic carbocycles. The zero-order chi connectivity index (χ0) is 33.7. The summed E-state index contributed by atoms with van der Waals surface area (Å²) in [6.07, 6.45) is 0. The molecule has 0 aliphatic rings. The van der Waals surface area contributed by atoms with Crippen molar-refractivity contribution in [1.29, 1.82) is 0 Å². The van der Waals surface area contributed by atoms with Crippen molar-refractivity contribution >= 4 is 53.1 Å². The van der Waals surface area contributed by atoms with Gasteiger partial charge in [-0.2, -0.15) is 0 Å². The lowest BCUT2D eigenvalue weighted by Crippen LogP contribution is -2.00. The predicted molar refractivity (Wildman–Crippen MR) is 215 cm³/mol. The van der Waals surface area contributed by atoms with Crippen molar-refractivity contribution in [3.8, 4) is 56.4 Å². The van der Waals surface area contributed by atoms with Crippen molar-refractivity contribution in [3.63, 3.8) is 0 Å². The first-order valence-electron chi connectivity index (χ1n) is 17.1. The van der Waals surface area contributed by atoms with Crippen LogP contribution in [0.3, 0.4) is 0 Å². The maximum Gasteiger partial charge on any atom is 0.165 e. The van der Waals surface area contributed by atoms with Crippen LogP contribution in [0.5, 0.6) is 0 Å². The van der Waals surface area contributed by atoms with Gasteiger partial charge in [0.25, 0.3) is 0 Å². The summed E-state index contributed by atoms with van der Waals surface area (Å²) < 4.78 is 2.43. The summed E-state index contributed by atoms with van der Waals surface area (Å²) in [4.78, 5) is 15.5. The topological polar surface area (TPSA) is 38.7 Å². The highest BCUT2D eigenvalue weighted by molar-refractivity contribution is 7.26. The Balaban J connectivity index is 1.16. The number of rotatable bonds is 5. The van der Waals surface area contributed by atoms with Gasteiger partial charge in [0, 0.05) is 36.9 Å². The van der Waals surface area contributed by atoms with E-state index in [1.54, 1.807) is 11.3 Å². The summed E-state index contributed by atoms with van der Waals surface area (Å²) in [5.41, 5.74) is 7.54. The molecule has 2 heterocycles. The van der Waals surface area contributed by atoms with Crippen LogP contribution in [0.4, 0.5) is 0 Å². The molecule has 10 rings (SSSR count).